The molecule has 0 saturated heterocycles. The monoisotopic (exact) mass is 575 g/mol. The Morgan fingerprint density at radius 3 is 2.46 bits per heavy atom. The van der Waals surface area contributed by atoms with Gasteiger partial charge < -0.3 is 26.6 Å². The van der Waals surface area contributed by atoms with Gasteiger partial charge in [0.25, 0.3) is 5.91 Å². The number of imidazole rings is 1. The Labute approximate surface area is 240 Å². The van der Waals surface area contributed by atoms with E-state index in [-0.39, 0.29) is 29.2 Å². The van der Waals surface area contributed by atoms with Crippen LogP contribution in [-0.4, -0.2) is 59.6 Å². The SMILES string of the molecule is O=C(NCc1ccncn1)N[C@H]1CC[C@H](Nc2cc(NC3CC3)c3ncc(C(=O)Nc4ccnc(Cl)c4)n3n2)CC1. The normalized spacial score (nSPS) is 18.5. The number of carbonyl (C=O) groups excluding carboxylic acids is 2. The number of carbonyl (C=O) groups is 2. The summed E-state index contributed by atoms with van der Waals surface area (Å²) in [6.45, 7) is 0.348. The Hall–Kier alpha value is -4.52. The van der Waals surface area contributed by atoms with Gasteiger partial charge in [0.15, 0.2) is 11.3 Å². The van der Waals surface area contributed by atoms with Crippen LogP contribution in [0.1, 0.15) is 54.7 Å². The standard InChI is InChI=1S/C27H30ClN11O2/c28-23-11-19(8-10-30-23)36-26(40)22-14-31-25-21(34-16-1-2-16)12-24(38-39(22)25)35-17-3-5-18(6-4-17)37-27(41)32-13-20-7-9-29-15-33-20/h7-12,14-18,34H,1-6,13H2,(H,35,38)(H,30,36,40)(H2,32,37,41)/t17-,18-. The zero-order chi connectivity index (χ0) is 28.2. The topological polar surface area (TPSA) is 163 Å². The molecule has 0 spiro atoms. The molecule has 0 radical (unpaired) electrons. The predicted molar refractivity (Wildman–Crippen MR) is 154 cm³/mol. The van der Waals surface area contributed by atoms with Crippen LogP contribution in [0.5, 0.6) is 0 Å². The lowest BCUT2D eigenvalue weighted by molar-refractivity contribution is 0.102. The Kier molecular flexibility index (Phi) is 7.76. The summed E-state index contributed by atoms with van der Waals surface area (Å²) in [7, 11) is 0. The molecule has 5 N–H and O–H groups in total. The summed E-state index contributed by atoms with van der Waals surface area (Å²) >= 11 is 5.97. The summed E-state index contributed by atoms with van der Waals surface area (Å²) in [5.41, 5.74) is 3.00. The number of nitrogens with one attached hydrogen (secondary N) is 5. The van der Waals surface area contributed by atoms with Crippen LogP contribution in [0.15, 0.2) is 49.2 Å². The van der Waals surface area contributed by atoms with Crippen LogP contribution in [0.3, 0.4) is 0 Å². The third kappa shape index (κ3) is 6.80. The maximum Gasteiger partial charge on any atom is 0.315 e. The fourth-order valence-corrected chi connectivity index (χ4v) is 5.02. The number of pyridine rings is 1. The van der Waals surface area contributed by atoms with Crippen molar-refractivity contribution in [2.75, 3.05) is 16.0 Å². The molecule has 4 aromatic heterocycles. The van der Waals surface area contributed by atoms with E-state index in [1.165, 1.54) is 18.7 Å². The second-order valence-electron chi connectivity index (χ2n) is 10.3. The van der Waals surface area contributed by atoms with Crippen LogP contribution in [-0.2, 0) is 6.54 Å². The summed E-state index contributed by atoms with van der Waals surface area (Å²) in [6, 6.07) is 7.42. The third-order valence-corrected chi connectivity index (χ3v) is 7.32. The van der Waals surface area contributed by atoms with Crippen LogP contribution in [0.4, 0.5) is 22.0 Å². The van der Waals surface area contributed by atoms with Crippen molar-refractivity contribution in [1.29, 1.82) is 0 Å². The number of hydrogen-bond donors (Lipinski definition) is 5. The molecule has 3 amide bonds. The molecule has 14 heteroatoms. The number of urea groups is 1. The van der Waals surface area contributed by atoms with Crippen LogP contribution in [0.2, 0.25) is 5.15 Å². The molecule has 2 fully saturated rings. The minimum atomic E-state index is -0.355. The van der Waals surface area contributed by atoms with Gasteiger partial charge in [0.1, 0.15) is 17.3 Å². The Morgan fingerprint density at radius 2 is 1.71 bits per heavy atom. The highest BCUT2D eigenvalue weighted by molar-refractivity contribution is 6.29. The van der Waals surface area contributed by atoms with Crippen LogP contribution < -0.4 is 26.6 Å². The van der Waals surface area contributed by atoms with E-state index >= 15 is 0 Å². The fraction of sp³-hybridized carbons (Fsp3) is 0.370. The lowest BCUT2D eigenvalue weighted by Gasteiger charge is -2.30. The largest absolute Gasteiger partial charge is 0.379 e. The van der Waals surface area contributed by atoms with E-state index in [0.29, 0.717) is 35.4 Å². The summed E-state index contributed by atoms with van der Waals surface area (Å²) in [6.07, 6.45) is 11.7. The van der Waals surface area contributed by atoms with Gasteiger partial charge in [-0.15, -0.1) is 5.10 Å². The molecule has 2 aliphatic rings. The van der Waals surface area contributed by atoms with Crippen molar-refractivity contribution in [2.45, 2.75) is 63.2 Å². The first-order valence-electron chi connectivity index (χ1n) is 13.6. The van der Waals surface area contributed by atoms with Crippen molar-refractivity contribution in [3.05, 3.63) is 65.7 Å². The molecule has 2 aliphatic carbocycles. The predicted octanol–water partition coefficient (Wildman–Crippen LogP) is 3.62. The Morgan fingerprint density at radius 1 is 0.927 bits per heavy atom. The van der Waals surface area contributed by atoms with Crippen LogP contribution >= 0.6 is 11.6 Å². The van der Waals surface area contributed by atoms with Gasteiger partial charge in [-0.3, -0.25) is 4.79 Å². The summed E-state index contributed by atoms with van der Waals surface area (Å²) in [4.78, 5) is 41.9. The second kappa shape index (κ2) is 11.9. The first-order valence-corrected chi connectivity index (χ1v) is 14.0. The van der Waals surface area contributed by atoms with E-state index in [2.05, 4.69) is 46.5 Å². The number of aromatic nitrogens is 6. The van der Waals surface area contributed by atoms with E-state index in [9.17, 15) is 9.59 Å². The number of amides is 3. The summed E-state index contributed by atoms with van der Waals surface area (Å²) in [5.74, 6) is 0.296. The van der Waals surface area contributed by atoms with Gasteiger partial charge in [0, 0.05) is 42.3 Å². The highest BCUT2D eigenvalue weighted by Gasteiger charge is 2.26. The zero-order valence-corrected chi connectivity index (χ0v) is 22.9. The highest BCUT2D eigenvalue weighted by Crippen LogP contribution is 2.30. The molecule has 2 saturated carbocycles. The lowest BCUT2D eigenvalue weighted by Crippen LogP contribution is -2.44. The van der Waals surface area contributed by atoms with Crippen LogP contribution in [0, 0.1) is 0 Å². The van der Waals surface area contributed by atoms with E-state index in [4.69, 9.17) is 16.7 Å². The van der Waals surface area contributed by atoms with Crippen molar-refractivity contribution in [3.63, 3.8) is 0 Å². The van der Waals surface area contributed by atoms with Crippen molar-refractivity contribution < 1.29 is 9.59 Å². The van der Waals surface area contributed by atoms with Crippen molar-refractivity contribution in [1.82, 2.24) is 40.2 Å². The van der Waals surface area contributed by atoms with Gasteiger partial charge in [-0.05, 0) is 56.7 Å². The van der Waals surface area contributed by atoms with Crippen molar-refractivity contribution in [2.24, 2.45) is 0 Å². The summed E-state index contributed by atoms with van der Waals surface area (Å²) < 4.78 is 1.57. The average Bonchev–Trinajstić information content (AvgIpc) is 3.68. The highest BCUT2D eigenvalue weighted by atomic mass is 35.5. The molecule has 0 aliphatic heterocycles. The maximum absolute atomic E-state index is 13.1. The quantitative estimate of drug-likeness (QED) is 0.187. The van der Waals surface area contributed by atoms with E-state index in [1.807, 2.05) is 6.07 Å². The van der Waals surface area contributed by atoms with Gasteiger partial charge in [-0.2, -0.15) is 0 Å². The number of fused-ring (bicyclic) bond motifs is 1. The number of anilines is 3. The van der Waals surface area contributed by atoms with Crippen molar-refractivity contribution >= 4 is 46.4 Å². The molecule has 4 heterocycles. The van der Waals surface area contributed by atoms with Gasteiger partial charge >= 0.3 is 6.03 Å². The molecule has 41 heavy (non-hydrogen) atoms. The number of nitrogens with zero attached hydrogens (tertiary/aromatic N) is 6. The van der Waals surface area contributed by atoms with E-state index in [0.717, 1.165) is 49.9 Å². The molecule has 0 aromatic carbocycles. The molecular weight excluding hydrogens is 546 g/mol. The zero-order valence-electron chi connectivity index (χ0n) is 22.2. The number of hydrogen-bond acceptors (Lipinski definition) is 9. The van der Waals surface area contributed by atoms with Gasteiger partial charge in [0.05, 0.1) is 24.1 Å². The molecule has 4 aromatic rings. The minimum Gasteiger partial charge on any atom is -0.379 e. The lowest BCUT2D eigenvalue weighted by atomic mass is 9.91. The Balaban J connectivity index is 1.10. The number of halogens is 1. The second-order valence-corrected chi connectivity index (χ2v) is 10.7. The molecule has 212 valence electrons. The third-order valence-electron chi connectivity index (χ3n) is 7.11. The molecular formula is C27H30ClN11O2. The molecule has 6 rings (SSSR count). The number of rotatable bonds is 9. The smallest absolute Gasteiger partial charge is 0.315 e. The first-order chi connectivity index (χ1) is 20.0. The van der Waals surface area contributed by atoms with Gasteiger partial charge in [-0.1, -0.05) is 11.6 Å². The fourth-order valence-electron chi connectivity index (χ4n) is 4.84. The molecule has 13 nitrogen and oxygen atoms in total. The van der Waals surface area contributed by atoms with Crippen LogP contribution in [0.25, 0.3) is 5.65 Å². The van der Waals surface area contributed by atoms with Gasteiger partial charge in [0.2, 0.25) is 0 Å². The first kappa shape index (κ1) is 26.7. The minimum absolute atomic E-state index is 0.0895. The molecule has 0 unspecified atom stereocenters. The molecule has 0 bridgehead atoms. The van der Waals surface area contributed by atoms with E-state index in [1.54, 1.807) is 28.9 Å². The maximum atomic E-state index is 13.1. The van der Waals surface area contributed by atoms with E-state index < -0.39 is 0 Å². The average molecular weight is 576 g/mol. The molecule has 0 atom stereocenters. The van der Waals surface area contributed by atoms with Gasteiger partial charge in [-0.25, -0.2) is 29.2 Å². The Bertz CT molecular complexity index is 1540. The van der Waals surface area contributed by atoms with Crippen molar-refractivity contribution in [3.8, 4) is 0 Å². The summed E-state index contributed by atoms with van der Waals surface area (Å²) in [5, 5.41) is 20.8.